The molecule has 0 aliphatic rings. The quantitative estimate of drug-likeness (QED) is 0.848. The van der Waals surface area contributed by atoms with Crippen molar-refractivity contribution < 1.29 is 18.3 Å². The molecule has 1 rings (SSSR count). The minimum Gasteiger partial charge on any atom is -0.433 e. The van der Waals surface area contributed by atoms with E-state index in [1.165, 1.54) is 18.2 Å². The summed E-state index contributed by atoms with van der Waals surface area (Å²) in [7, 11) is 0. The number of hydrogen-bond acceptors (Lipinski definition) is 3. The van der Waals surface area contributed by atoms with E-state index in [0.717, 1.165) is 0 Å². The SMILES string of the molecule is CCNC(C)(C)C(=O)Nc1ccc(OC(F)F)c(Cl)c1. The second-order valence-electron chi connectivity index (χ2n) is 4.63. The number of halogens is 3. The van der Waals surface area contributed by atoms with Gasteiger partial charge in [0.25, 0.3) is 0 Å². The average Bonchev–Trinajstić information content (AvgIpc) is 2.32. The first-order chi connectivity index (χ1) is 9.26. The molecule has 0 aliphatic carbocycles. The highest BCUT2D eigenvalue weighted by Crippen LogP contribution is 2.29. The summed E-state index contributed by atoms with van der Waals surface area (Å²) in [6, 6.07) is 4.09. The van der Waals surface area contributed by atoms with Crippen molar-refractivity contribution in [3.8, 4) is 5.75 Å². The van der Waals surface area contributed by atoms with E-state index in [1.54, 1.807) is 13.8 Å². The molecule has 1 aromatic carbocycles. The van der Waals surface area contributed by atoms with Crippen LogP contribution in [0.15, 0.2) is 18.2 Å². The van der Waals surface area contributed by atoms with Crippen LogP contribution in [0.1, 0.15) is 20.8 Å². The lowest BCUT2D eigenvalue weighted by Gasteiger charge is -2.24. The molecule has 0 heterocycles. The maximum absolute atomic E-state index is 12.1. The van der Waals surface area contributed by atoms with Gasteiger partial charge in [-0.1, -0.05) is 18.5 Å². The highest BCUT2D eigenvalue weighted by Gasteiger charge is 2.26. The summed E-state index contributed by atoms with van der Waals surface area (Å²) < 4.78 is 28.4. The van der Waals surface area contributed by atoms with Crippen molar-refractivity contribution in [3.05, 3.63) is 23.2 Å². The van der Waals surface area contributed by atoms with E-state index in [-0.39, 0.29) is 16.7 Å². The van der Waals surface area contributed by atoms with Gasteiger partial charge in [0.2, 0.25) is 5.91 Å². The summed E-state index contributed by atoms with van der Waals surface area (Å²) >= 11 is 5.81. The highest BCUT2D eigenvalue weighted by atomic mass is 35.5. The summed E-state index contributed by atoms with van der Waals surface area (Å²) in [6.45, 7) is 3.06. The summed E-state index contributed by atoms with van der Waals surface area (Å²) in [6.07, 6.45) is 0. The molecule has 7 heteroatoms. The van der Waals surface area contributed by atoms with Crippen LogP contribution >= 0.6 is 11.6 Å². The molecule has 0 spiro atoms. The van der Waals surface area contributed by atoms with Crippen LogP contribution in [0.25, 0.3) is 0 Å². The van der Waals surface area contributed by atoms with Gasteiger partial charge < -0.3 is 15.4 Å². The average molecular weight is 307 g/mol. The van der Waals surface area contributed by atoms with Gasteiger partial charge in [-0.25, -0.2) is 0 Å². The summed E-state index contributed by atoms with van der Waals surface area (Å²) in [5.41, 5.74) is -0.341. The van der Waals surface area contributed by atoms with Gasteiger partial charge in [-0.15, -0.1) is 0 Å². The molecule has 0 unspecified atom stereocenters. The Balaban J connectivity index is 2.79. The molecule has 4 nitrogen and oxygen atoms in total. The third-order valence-electron chi connectivity index (χ3n) is 2.59. The minimum absolute atomic E-state index is 0.00403. The van der Waals surface area contributed by atoms with E-state index in [2.05, 4.69) is 15.4 Å². The highest BCUT2D eigenvalue weighted by molar-refractivity contribution is 6.32. The molecule has 0 saturated carbocycles. The number of rotatable bonds is 6. The Labute approximate surface area is 121 Å². The topological polar surface area (TPSA) is 50.4 Å². The van der Waals surface area contributed by atoms with Crippen LogP contribution in [-0.4, -0.2) is 24.6 Å². The van der Waals surface area contributed by atoms with E-state index in [0.29, 0.717) is 12.2 Å². The van der Waals surface area contributed by atoms with E-state index in [1.807, 2.05) is 6.92 Å². The molecule has 112 valence electrons. The van der Waals surface area contributed by atoms with Gasteiger partial charge in [-0.2, -0.15) is 8.78 Å². The Morgan fingerprint density at radius 3 is 2.60 bits per heavy atom. The maximum Gasteiger partial charge on any atom is 0.387 e. The van der Waals surface area contributed by atoms with Crippen LogP contribution < -0.4 is 15.4 Å². The molecule has 1 amide bonds. The first-order valence-corrected chi connectivity index (χ1v) is 6.45. The maximum atomic E-state index is 12.1. The fraction of sp³-hybridized carbons (Fsp3) is 0.462. The Bertz CT molecular complexity index is 481. The summed E-state index contributed by atoms with van der Waals surface area (Å²) in [5, 5.41) is 5.69. The van der Waals surface area contributed by atoms with E-state index >= 15 is 0 Å². The number of benzene rings is 1. The lowest BCUT2D eigenvalue weighted by atomic mass is 10.0. The van der Waals surface area contributed by atoms with E-state index < -0.39 is 12.2 Å². The second-order valence-corrected chi connectivity index (χ2v) is 5.04. The molecule has 0 bridgehead atoms. The van der Waals surface area contributed by atoms with E-state index in [9.17, 15) is 13.6 Å². The minimum atomic E-state index is -2.94. The molecule has 0 atom stereocenters. The van der Waals surface area contributed by atoms with Gasteiger partial charge in [0, 0.05) is 5.69 Å². The number of carbonyl (C=O) groups is 1. The zero-order chi connectivity index (χ0) is 15.3. The molecule has 0 aromatic heterocycles. The van der Waals surface area contributed by atoms with Crippen LogP contribution in [0, 0.1) is 0 Å². The first kappa shape index (κ1) is 16.7. The molecule has 0 aliphatic heterocycles. The van der Waals surface area contributed by atoms with Crippen LogP contribution in [0.3, 0.4) is 0 Å². The molecular formula is C13H17ClF2N2O2. The van der Waals surface area contributed by atoms with Crippen LogP contribution in [0.2, 0.25) is 5.02 Å². The number of anilines is 1. The number of likely N-dealkylation sites (N-methyl/N-ethyl adjacent to an activating group) is 1. The Morgan fingerprint density at radius 1 is 1.45 bits per heavy atom. The zero-order valence-electron chi connectivity index (χ0n) is 11.5. The fourth-order valence-corrected chi connectivity index (χ4v) is 1.80. The number of ether oxygens (including phenoxy) is 1. The van der Waals surface area contributed by atoms with Crippen molar-refractivity contribution in [1.82, 2.24) is 5.32 Å². The number of amides is 1. The molecule has 2 N–H and O–H groups in total. The molecule has 0 radical (unpaired) electrons. The zero-order valence-corrected chi connectivity index (χ0v) is 12.2. The van der Waals surface area contributed by atoms with Crippen molar-refractivity contribution in [1.29, 1.82) is 0 Å². The van der Waals surface area contributed by atoms with Crippen molar-refractivity contribution in [3.63, 3.8) is 0 Å². The van der Waals surface area contributed by atoms with Gasteiger partial charge in [0.15, 0.2) is 0 Å². The molecule has 1 aromatic rings. The lowest BCUT2D eigenvalue weighted by molar-refractivity contribution is -0.121. The van der Waals surface area contributed by atoms with Gasteiger partial charge in [0.05, 0.1) is 10.6 Å². The second kappa shape index (κ2) is 6.85. The Kier molecular flexibility index (Phi) is 5.71. The molecule has 20 heavy (non-hydrogen) atoms. The van der Waals surface area contributed by atoms with Gasteiger partial charge in [-0.3, -0.25) is 4.79 Å². The third kappa shape index (κ3) is 4.61. The number of carbonyl (C=O) groups excluding carboxylic acids is 1. The van der Waals surface area contributed by atoms with Crippen molar-refractivity contribution in [2.75, 3.05) is 11.9 Å². The van der Waals surface area contributed by atoms with E-state index in [4.69, 9.17) is 11.6 Å². The standard InChI is InChI=1S/C13H17ClF2N2O2/c1-4-17-13(2,3)11(19)18-8-5-6-10(9(14)7-8)20-12(15)16/h5-7,12,17H,4H2,1-3H3,(H,18,19). The predicted molar refractivity (Wildman–Crippen MR) is 74.5 cm³/mol. The van der Waals surface area contributed by atoms with Gasteiger partial charge >= 0.3 is 6.61 Å². The van der Waals surface area contributed by atoms with Gasteiger partial charge in [0.1, 0.15) is 5.75 Å². The first-order valence-electron chi connectivity index (χ1n) is 6.07. The monoisotopic (exact) mass is 306 g/mol. The Morgan fingerprint density at radius 2 is 2.10 bits per heavy atom. The van der Waals surface area contributed by atoms with Crippen molar-refractivity contribution >= 4 is 23.2 Å². The molecule has 0 saturated heterocycles. The van der Waals surface area contributed by atoms with Crippen LogP contribution in [-0.2, 0) is 4.79 Å². The van der Waals surface area contributed by atoms with Gasteiger partial charge in [-0.05, 0) is 38.6 Å². The normalized spacial score (nSPS) is 11.6. The summed E-state index contributed by atoms with van der Waals surface area (Å²) in [5.74, 6) is -0.386. The number of hydrogen-bond donors (Lipinski definition) is 2. The molecular weight excluding hydrogens is 290 g/mol. The van der Waals surface area contributed by atoms with Crippen molar-refractivity contribution in [2.24, 2.45) is 0 Å². The number of alkyl halides is 2. The van der Waals surface area contributed by atoms with Crippen LogP contribution in [0.4, 0.5) is 14.5 Å². The summed E-state index contributed by atoms with van der Waals surface area (Å²) in [4.78, 5) is 12.0. The number of nitrogens with one attached hydrogen (secondary N) is 2. The Hall–Kier alpha value is -1.40. The largest absolute Gasteiger partial charge is 0.433 e. The fourth-order valence-electron chi connectivity index (χ4n) is 1.58. The lowest BCUT2D eigenvalue weighted by Crippen LogP contribution is -2.49. The predicted octanol–water partition coefficient (Wildman–Crippen LogP) is 3.27. The smallest absolute Gasteiger partial charge is 0.387 e. The third-order valence-corrected chi connectivity index (χ3v) is 2.89. The molecule has 0 fully saturated rings. The van der Waals surface area contributed by atoms with Crippen molar-refractivity contribution in [2.45, 2.75) is 32.9 Å². The van der Waals surface area contributed by atoms with Crippen LogP contribution in [0.5, 0.6) is 5.75 Å².